The van der Waals surface area contributed by atoms with Crippen LogP contribution in [0.2, 0.25) is 0 Å². The predicted octanol–water partition coefficient (Wildman–Crippen LogP) is 1.00. The molecular formula is C13H23NO5. The van der Waals surface area contributed by atoms with Crippen LogP contribution in [0.25, 0.3) is 0 Å². The van der Waals surface area contributed by atoms with Crippen LogP contribution in [0.5, 0.6) is 0 Å². The molecule has 0 saturated heterocycles. The quantitative estimate of drug-likeness (QED) is 0.555. The number of carboxylic acid groups (broad SMARTS) is 1. The van der Waals surface area contributed by atoms with Gasteiger partial charge < -0.3 is 14.6 Å². The maximum Gasteiger partial charge on any atom is 0.308 e. The highest BCUT2D eigenvalue weighted by Crippen LogP contribution is 2.30. The van der Waals surface area contributed by atoms with Crippen molar-refractivity contribution in [2.75, 3.05) is 13.8 Å². The molecule has 0 radical (unpaired) electrons. The molecule has 6 nitrogen and oxygen atoms in total. The summed E-state index contributed by atoms with van der Waals surface area (Å²) < 4.78 is 10.1. The fourth-order valence-corrected chi connectivity index (χ4v) is 2.38. The first-order valence-electron chi connectivity index (χ1n) is 6.59. The zero-order chi connectivity index (χ0) is 14.4. The fraction of sp³-hybridized carbons (Fsp3) is 0.846. The van der Waals surface area contributed by atoms with Gasteiger partial charge in [0.2, 0.25) is 0 Å². The summed E-state index contributed by atoms with van der Waals surface area (Å²) >= 11 is 0. The summed E-state index contributed by atoms with van der Waals surface area (Å²) in [6.45, 7) is 4.22. The molecule has 3 atom stereocenters. The second-order valence-electron chi connectivity index (χ2n) is 5.22. The summed E-state index contributed by atoms with van der Waals surface area (Å²) in [6, 6.07) is -0.0299. The SMILES string of the molecule is COC(=O)C1CC(NCOC(C)C)CC(C(=O)O)C1. The van der Waals surface area contributed by atoms with Crippen LogP contribution in [0.4, 0.5) is 0 Å². The lowest BCUT2D eigenvalue weighted by molar-refractivity contribution is -0.151. The van der Waals surface area contributed by atoms with Crippen LogP contribution in [0.3, 0.4) is 0 Å². The van der Waals surface area contributed by atoms with Crippen LogP contribution >= 0.6 is 0 Å². The second kappa shape index (κ2) is 7.45. The van der Waals surface area contributed by atoms with E-state index < -0.39 is 11.9 Å². The third kappa shape index (κ3) is 5.16. The molecule has 0 aromatic carbocycles. The van der Waals surface area contributed by atoms with Crippen molar-refractivity contribution in [2.24, 2.45) is 11.8 Å². The van der Waals surface area contributed by atoms with E-state index in [9.17, 15) is 9.59 Å². The Kier molecular flexibility index (Phi) is 6.24. The van der Waals surface area contributed by atoms with Gasteiger partial charge in [-0.1, -0.05) is 0 Å². The first kappa shape index (κ1) is 15.9. The molecule has 3 unspecified atom stereocenters. The summed E-state index contributed by atoms with van der Waals surface area (Å²) in [5.41, 5.74) is 0. The van der Waals surface area contributed by atoms with Crippen molar-refractivity contribution in [1.82, 2.24) is 5.32 Å². The lowest BCUT2D eigenvalue weighted by Crippen LogP contribution is -2.43. The van der Waals surface area contributed by atoms with E-state index in [1.807, 2.05) is 13.8 Å². The highest BCUT2D eigenvalue weighted by atomic mass is 16.5. The molecule has 0 aromatic heterocycles. The maximum absolute atomic E-state index is 11.6. The highest BCUT2D eigenvalue weighted by Gasteiger charge is 2.36. The molecule has 1 fully saturated rings. The van der Waals surface area contributed by atoms with Gasteiger partial charge in [0.15, 0.2) is 0 Å². The van der Waals surface area contributed by atoms with E-state index in [4.69, 9.17) is 14.6 Å². The van der Waals surface area contributed by atoms with Crippen molar-refractivity contribution < 1.29 is 24.2 Å². The molecule has 0 heterocycles. The Hall–Kier alpha value is -1.14. The van der Waals surface area contributed by atoms with Gasteiger partial charge in [-0.3, -0.25) is 14.9 Å². The average molecular weight is 273 g/mol. The van der Waals surface area contributed by atoms with Crippen LogP contribution in [-0.4, -0.2) is 43.0 Å². The van der Waals surface area contributed by atoms with Gasteiger partial charge >= 0.3 is 11.9 Å². The zero-order valence-corrected chi connectivity index (χ0v) is 11.7. The molecule has 0 aliphatic heterocycles. The third-order valence-corrected chi connectivity index (χ3v) is 3.38. The van der Waals surface area contributed by atoms with Crippen LogP contribution in [-0.2, 0) is 19.1 Å². The van der Waals surface area contributed by atoms with E-state index in [1.54, 1.807) is 0 Å². The third-order valence-electron chi connectivity index (χ3n) is 3.38. The van der Waals surface area contributed by atoms with Crippen molar-refractivity contribution in [3.63, 3.8) is 0 Å². The number of methoxy groups -OCH3 is 1. The molecule has 1 rings (SSSR count). The van der Waals surface area contributed by atoms with Crippen LogP contribution < -0.4 is 5.32 Å². The molecule has 2 N–H and O–H groups in total. The summed E-state index contributed by atoms with van der Waals surface area (Å²) in [5, 5.41) is 12.3. The number of hydrogen-bond acceptors (Lipinski definition) is 5. The topological polar surface area (TPSA) is 84.9 Å². The molecule has 110 valence electrons. The summed E-state index contributed by atoms with van der Waals surface area (Å²) in [5.74, 6) is -2.04. The standard InChI is InChI=1S/C13H23NO5/c1-8(2)19-7-14-11-5-9(12(15)16)4-10(6-11)13(17)18-3/h8-11,14H,4-7H2,1-3H3,(H,15,16). The van der Waals surface area contributed by atoms with Crippen LogP contribution in [0.15, 0.2) is 0 Å². The number of hydrogen-bond donors (Lipinski definition) is 2. The van der Waals surface area contributed by atoms with Crippen LogP contribution in [0, 0.1) is 11.8 Å². The minimum absolute atomic E-state index is 0.0299. The first-order valence-corrected chi connectivity index (χ1v) is 6.59. The molecule has 0 spiro atoms. The molecule has 6 heteroatoms. The Morgan fingerprint density at radius 3 is 2.42 bits per heavy atom. The number of esters is 1. The Morgan fingerprint density at radius 2 is 1.89 bits per heavy atom. The van der Waals surface area contributed by atoms with Gasteiger partial charge in [0, 0.05) is 6.04 Å². The minimum atomic E-state index is -0.856. The van der Waals surface area contributed by atoms with E-state index in [2.05, 4.69) is 5.32 Å². The Morgan fingerprint density at radius 1 is 1.26 bits per heavy atom. The molecule has 0 bridgehead atoms. The minimum Gasteiger partial charge on any atom is -0.481 e. The van der Waals surface area contributed by atoms with Gasteiger partial charge in [0.25, 0.3) is 0 Å². The number of carbonyl (C=O) groups excluding carboxylic acids is 1. The number of ether oxygens (including phenoxy) is 2. The summed E-state index contributed by atoms with van der Waals surface area (Å²) in [4.78, 5) is 22.7. The zero-order valence-electron chi connectivity index (χ0n) is 11.7. The van der Waals surface area contributed by atoms with E-state index >= 15 is 0 Å². The number of rotatable bonds is 6. The van der Waals surface area contributed by atoms with Gasteiger partial charge in [-0.05, 0) is 33.1 Å². The lowest BCUT2D eigenvalue weighted by Gasteiger charge is -2.32. The van der Waals surface area contributed by atoms with E-state index in [0.717, 1.165) is 0 Å². The average Bonchev–Trinajstić information content (AvgIpc) is 2.37. The van der Waals surface area contributed by atoms with Gasteiger partial charge in [-0.25, -0.2) is 0 Å². The van der Waals surface area contributed by atoms with Gasteiger partial charge in [-0.15, -0.1) is 0 Å². The summed E-state index contributed by atoms with van der Waals surface area (Å²) in [6.07, 6.45) is 1.58. The molecular weight excluding hydrogens is 250 g/mol. The lowest BCUT2D eigenvalue weighted by atomic mass is 9.78. The number of nitrogens with one attached hydrogen (secondary N) is 1. The van der Waals surface area contributed by atoms with Gasteiger partial charge in [-0.2, -0.15) is 0 Å². The Bertz CT molecular complexity index is 318. The van der Waals surface area contributed by atoms with E-state index in [1.165, 1.54) is 7.11 Å². The van der Waals surface area contributed by atoms with Crippen molar-refractivity contribution in [3.8, 4) is 0 Å². The highest BCUT2D eigenvalue weighted by molar-refractivity contribution is 5.75. The van der Waals surface area contributed by atoms with Crippen molar-refractivity contribution in [3.05, 3.63) is 0 Å². The Labute approximate surface area is 113 Å². The number of aliphatic carboxylic acids is 1. The van der Waals surface area contributed by atoms with Crippen molar-refractivity contribution in [1.29, 1.82) is 0 Å². The van der Waals surface area contributed by atoms with Gasteiger partial charge in [0.1, 0.15) is 0 Å². The predicted molar refractivity (Wildman–Crippen MR) is 68.5 cm³/mol. The summed E-state index contributed by atoms with van der Waals surface area (Å²) in [7, 11) is 1.33. The smallest absolute Gasteiger partial charge is 0.308 e. The molecule has 1 aliphatic carbocycles. The molecule has 19 heavy (non-hydrogen) atoms. The van der Waals surface area contributed by atoms with Crippen LogP contribution in [0.1, 0.15) is 33.1 Å². The first-order chi connectivity index (χ1) is 8.93. The fourth-order valence-electron chi connectivity index (χ4n) is 2.38. The van der Waals surface area contributed by atoms with Crippen molar-refractivity contribution >= 4 is 11.9 Å². The molecule has 0 aromatic rings. The second-order valence-corrected chi connectivity index (χ2v) is 5.22. The number of carboxylic acids is 1. The molecule has 1 aliphatic rings. The van der Waals surface area contributed by atoms with E-state index in [-0.39, 0.29) is 24.0 Å². The molecule has 0 amide bonds. The van der Waals surface area contributed by atoms with Crippen molar-refractivity contribution in [2.45, 2.75) is 45.3 Å². The largest absolute Gasteiger partial charge is 0.481 e. The molecule has 1 saturated carbocycles. The normalized spacial score (nSPS) is 27.3. The Balaban J connectivity index is 2.55. The monoisotopic (exact) mass is 273 g/mol. The van der Waals surface area contributed by atoms with E-state index in [0.29, 0.717) is 26.0 Å². The maximum atomic E-state index is 11.6. The number of carbonyl (C=O) groups is 2. The van der Waals surface area contributed by atoms with Gasteiger partial charge in [0.05, 0.1) is 31.8 Å².